The summed E-state index contributed by atoms with van der Waals surface area (Å²) in [6.45, 7) is 4.87. The molecular formula is C14H18O2S. The normalized spacial score (nSPS) is 20.2. The van der Waals surface area contributed by atoms with Gasteiger partial charge in [0.1, 0.15) is 6.10 Å². The minimum atomic E-state index is -0.199. The lowest BCUT2D eigenvalue weighted by Gasteiger charge is -2.21. The Morgan fingerprint density at radius 1 is 1.41 bits per heavy atom. The third-order valence-electron chi connectivity index (χ3n) is 3.12. The Bertz CT molecular complexity index is 409. The molecule has 1 aliphatic heterocycles. The van der Waals surface area contributed by atoms with E-state index in [9.17, 15) is 4.79 Å². The minimum Gasteiger partial charge on any atom is -0.369 e. The summed E-state index contributed by atoms with van der Waals surface area (Å²) in [5, 5.41) is 0. The molecule has 0 bridgehead atoms. The highest BCUT2D eigenvalue weighted by molar-refractivity contribution is 7.99. The molecule has 1 aromatic rings. The summed E-state index contributed by atoms with van der Waals surface area (Å²) in [5.74, 6) is 2.03. The number of hydrogen-bond acceptors (Lipinski definition) is 3. The predicted molar refractivity (Wildman–Crippen MR) is 71.7 cm³/mol. The second-order valence-corrected chi connectivity index (χ2v) is 5.65. The summed E-state index contributed by atoms with van der Waals surface area (Å²) in [5.41, 5.74) is 3.61. The van der Waals surface area contributed by atoms with E-state index < -0.39 is 0 Å². The molecule has 0 spiro atoms. The number of Topliss-reactive ketones (excluding diaryl/α,β-unsaturated/α-hetero) is 1. The van der Waals surface area contributed by atoms with Crippen LogP contribution in [0.4, 0.5) is 0 Å². The molecular weight excluding hydrogens is 232 g/mol. The quantitative estimate of drug-likeness (QED) is 0.824. The van der Waals surface area contributed by atoms with Crippen LogP contribution in [0.1, 0.15) is 16.7 Å². The molecule has 1 atom stereocenters. The van der Waals surface area contributed by atoms with E-state index in [-0.39, 0.29) is 11.9 Å². The lowest BCUT2D eigenvalue weighted by atomic mass is 10.0. The van der Waals surface area contributed by atoms with Crippen LogP contribution in [0, 0.1) is 13.8 Å². The molecule has 1 saturated heterocycles. The van der Waals surface area contributed by atoms with Crippen molar-refractivity contribution in [3.63, 3.8) is 0 Å². The smallest absolute Gasteiger partial charge is 0.166 e. The van der Waals surface area contributed by atoms with Gasteiger partial charge in [0.05, 0.1) is 6.61 Å². The molecule has 2 rings (SSSR count). The van der Waals surface area contributed by atoms with E-state index >= 15 is 0 Å². The van der Waals surface area contributed by atoms with Crippen molar-refractivity contribution >= 4 is 17.5 Å². The van der Waals surface area contributed by atoms with Crippen LogP contribution in [-0.2, 0) is 16.0 Å². The number of ether oxygens (including phenoxy) is 1. The zero-order chi connectivity index (χ0) is 12.3. The topological polar surface area (TPSA) is 26.3 Å². The average molecular weight is 250 g/mol. The summed E-state index contributed by atoms with van der Waals surface area (Å²) < 4.78 is 5.50. The van der Waals surface area contributed by atoms with Crippen molar-refractivity contribution in [3.8, 4) is 0 Å². The Balaban J connectivity index is 1.99. The molecule has 1 aliphatic rings. The van der Waals surface area contributed by atoms with Gasteiger partial charge in [-0.1, -0.05) is 18.2 Å². The lowest BCUT2D eigenvalue weighted by molar-refractivity contribution is -0.128. The Labute approximate surface area is 107 Å². The number of benzene rings is 1. The molecule has 3 heteroatoms. The third-order valence-corrected chi connectivity index (χ3v) is 4.12. The maximum absolute atomic E-state index is 12.0. The molecule has 1 aromatic carbocycles. The van der Waals surface area contributed by atoms with Crippen molar-refractivity contribution in [2.75, 3.05) is 18.1 Å². The van der Waals surface area contributed by atoms with Gasteiger partial charge in [-0.15, -0.1) is 0 Å². The number of aryl methyl sites for hydroxylation is 2. The van der Waals surface area contributed by atoms with E-state index in [1.54, 1.807) is 11.8 Å². The molecule has 1 unspecified atom stereocenters. The third kappa shape index (κ3) is 3.33. The van der Waals surface area contributed by atoms with Crippen LogP contribution in [-0.4, -0.2) is 30.0 Å². The van der Waals surface area contributed by atoms with Crippen LogP contribution >= 0.6 is 11.8 Å². The highest BCUT2D eigenvalue weighted by Crippen LogP contribution is 2.16. The number of hydrogen-bond donors (Lipinski definition) is 0. The van der Waals surface area contributed by atoms with Gasteiger partial charge in [-0.2, -0.15) is 11.8 Å². The number of carbonyl (C=O) groups is 1. The van der Waals surface area contributed by atoms with E-state index in [1.807, 2.05) is 6.07 Å². The fraction of sp³-hybridized carbons (Fsp3) is 0.500. The molecule has 1 fully saturated rings. The van der Waals surface area contributed by atoms with Gasteiger partial charge < -0.3 is 4.74 Å². The minimum absolute atomic E-state index is 0.199. The van der Waals surface area contributed by atoms with Crippen LogP contribution in [0.25, 0.3) is 0 Å². The standard InChI is InChI=1S/C14H18O2S/c1-10-3-4-12(7-11(10)2)8-13(15)14-9-17-6-5-16-14/h3-4,7,14H,5-6,8-9H2,1-2H3. The van der Waals surface area contributed by atoms with Gasteiger partial charge in [-0.05, 0) is 30.5 Å². The van der Waals surface area contributed by atoms with Gasteiger partial charge >= 0.3 is 0 Å². The van der Waals surface area contributed by atoms with Crippen molar-refractivity contribution in [1.29, 1.82) is 0 Å². The van der Waals surface area contributed by atoms with Crippen LogP contribution < -0.4 is 0 Å². The number of ketones is 1. The zero-order valence-corrected chi connectivity index (χ0v) is 11.2. The Morgan fingerprint density at radius 2 is 2.24 bits per heavy atom. The number of carbonyl (C=O) groups excluding carboxylic acids is 1. The van der Waals surface area contributed by atoms with Gasteiger partial charge in [-0.25, -0.2) is 0 Å². The van der Waals surface area contributed by atoms with E-state index in [4.69, 9.17) is 4.74 Å². The van der Waals surface area contributed by atoms with Crippen LogP contribution in [0.2, 0.25) is 0 Å². The first-order chi connectivity index (χ1) is 8.16. The summed E-state index contributed by atoms with van der Waals surface area (Å²) in [6, 6.07) is 6.22. The van der Waals surface area contributed by atoms with Gasteiger partial charge in [0.25, 0.3) is 0 Å². The van der Waals surface area contributed by atoms with E-state index in [1.165, 1.54) is 11.1 Å². The maximum atomic E-state index is 12.0. The van der Waals surface area contributed by atoms with Crippen molar-refractivity contribution in [2.45, 2.75) is 26.4 Å². The molecule has 2 nitrogen and oxygen atoms in total. The molecule has 17 heavy (non-hydrogen) atoms. The average Bonchev–Trinajstić information content (AvgIpc) is 2.35. The molecule has 92 valence electrons. The number of thioether (sulfide) groups is 1. The Kier molecular flexibility index (Phi) is 4.24. The lowest BCUT2D eigenvalue weighted by Crippen LogP contribution is -2.32. The largest absolute Gasteiger partial charge is 0.369 e. The monoisotopic (exact) mass is 250 g/mol. The van der Waals surface area contributed by atoms with Crippen LogP contribution in [0.3, 0.4) is 0 Å². The summed E-state index contributed by atoms with van der Waals surface area (Å²) in [6.07, 6.45) is 0.294. The van der Waals surface area contributed by atoms with Gasteiger partial charge in [0, 0.05) is 17.9 Å². The first kappa shape index (κ1) is 12.7. The second kappa shape index (κ2) is 5.69. The molecule has 0 aliphatic carbocycles. The predicted octanol–water partition coefficient (Wildman–Crippen LogP) is 2.55. The highest BCUT2D eigenvalue weighted by atomic mass is 32.2. The summed E-state index contributed by atoms with van der Waals surface area (Å²) >= 11 is 1.80. The summed E-state index contributed by atoms with van der Waals surface area (Å²) in [4.78, 5) is 12.0. The molecule has 0 N–H and O–H groups in total. The second-order valence-electron chi connectivity index (χ2n) is 4.50. The summed E-state index contributed by atoms with van der Waals surface area (Å²) in [7, 11) is 0. The van der Waals surface area contributed by atoms with Crippen molar-refractivity contribution in [2.24, 2.45) is 0 Å². The first-order valence-electron chi connectivity index (χ1n) is 5.95. The molecule has 0 aromatic heterocycles. The van der Waals surface area contributed by atoms with E-state index in [0.717, 1.165) is 17.1 Å². The van der Waals surface area contributed by atoms with Crippen LogP contribution in [0.5, 0.6) is 0 Å². The Hall–Kier alpha value is -0.800. The molecule has 0 radical (unpaired) electrons. The van der Waals surface area contributed by atoms with E-state index in [0.29, 0.717) is 13.0 Å². The molecule has 1 heterocycles. The first-order valence-corrected chi connectivity index (χ1v) is 7.10. The Morgan fingerprint density at radius 3 is 2.88 bits per heavy atom. The van der Waals surface area contributed by atoms with Gasteiger partial charge in [0.2, 0.25) is 0 Å². The van der Waals surface area contributed by atoms with Crippen LogP contribution in [0.15, 0.2) is 18.2 Å². The van der Waals surface area contributed by atoms with Crippen molar-refractivity contribution in [1.82, 2.24) is 0 Å². The van der Waals surface area contributed by atoms with E-state index in [2.05, 4.69) is 26.0 Å². The SMILES string of the molecule is Cc1ccc(CC(=O)C2CSCCO2)cc1C. The van der Waals surface area contributed by atoms with Crippen molar-refractivity contribution in [3.05, 3.63) is 34.9 Å². The number of rotatable bonds is 3. The van der Waals surface area contributed by atoms with Gasteiger partial charge in [-0.3, -0.25) is 4.79 Å². The zero-order valence-electron chi connectivity index (χ0n) is 10.4. The highest BCUT2D eigenvalue weighted by Gasteiger charge is 2.22. The van der Waals surface area contributed by atoms with Gasteiger partial charge in [0.15, 0.2) is 5.78 Å². The molecule has 0 amide bonds. The maximum Gasteiger partial charge on any atom is 0.166 e. The molecule has 0 saturated carbocycles. The van der Waals surface area contributed by atoms with Crippen molar-refractivity contribution < 1.29 is 9.53 Å². The fourth-order valence-corrected chi connectivity index (χ4v) is 2.78. The fourth-order valence-electron chi connectivity index (χ4n) is 1.90.